The molecule has 3 N–H and O–H groups in total. The summed E-state index contributed by atoms with van der Waals surface area (Å²) in [6.45, 7) is 2.22. The Kier molecular flexibility index (Phi) is 7.92. The zero-order valence-corrected chi connectivity index (χ0v) is 21.0. The summed E-state index contributed by atoms with van der Waals surface area (Å²) < 4.78 is 7.02. The number of nitrogens with two attached hydrogens (primary N) is 1. The van der Waals surface area contributed by atoms with Crippen molar-refractivity contribution >= 4 is 34.6 Å². The Labute approximate surface area is 215 Å². The number of aryl methyl sites for hydroxylation is 3. The second kappa shape index (κ2) is 11.5. The minimum Gasteiger partial charge on any atom is -0.466 e. The Morgan fingerprint density at radius 2 is 1.73 bits per heavy atom. The van der Waals surface area contributed by atoms with Crippen molar-refractivity contribution in [1.29, 1.82) is 5.41 Å². The molecule has 0 radical (unpaired) electrons. The zero-order chi connectivity index (χ0) is 26.4. The fraction of sp³-hybridized carbons (Fsp3) is 0.250. The number of nitrogens with zero attached hydrogens (tertiary/aromatic N) is 4. The number of aromatic nitrogens is 3. The first-order valence-electron chi connectivity index (χ1n) is 12.2. The number of anilines is 1. The van der Waals surface area contributed by atoms with Crippen molar-refractivity contribution < 1.29 is 14.3 Å². The molecule has 2 aromatic carbocycles. The molecule has 0 unspecified atom stereocenters. The number of hydrogen-bond donors (Lipinski definition) is 2. The van der Waals surface area contributed by atoms with Crippen molar-refractivity contribution in [2.75, 3.05) is 18.1 Å². The van der Waals surface area contributed by atoms with E-state index >= 15 is 0 Å². The van der Waals surface area contributed by atoms with Crippen LogP contribution in [0.2, 0.25) is 0 Å². The number of ether oxygens (including phenoxy) is 1. The lowest BCUT2D eigenvalue weighted by Crippen LogP contribution is -2.33. The maximum Gasteiger partial charge on any atom is 0.307 e. The molecule has 9 nitrogen and oxygen atoms in total. The highest BCUT2D eigenvalue weighted by Gasteiger charge is 2.22. The van der Waals surface area contributed by atoms with E-state index < -0.39 is 0 Å². The molecule has 0 saturated carbocycles. The Morgan fingerprint density at radius 3 is 2.41 bits per heavy atom. The Bertz CT molecular complexity index is 1410. The number of nitrogens with one attached hydrogen (secondary N) is 1. The van der Waals surface area contributed by atoms with Gasteiger partial charge in [-0.05, 0) is 43.2 Å². The number of pyridine rings is 1. The molecule has 2 heterocycles. The topological polar surface area (TPSA) is 127 Å². The lowest BCUT2D eigenvalue weighted by molar-refractivity contribution is -0.142. The molecule has 0 bridgehead atoms. The van der Waals surface area contributed by atoms with Gasteiger partial charge in [0.15, 0.2) is 5.65 Å². The predicted molar refractivity (Wildman–Crippen MR) is 143 cm³/mol. The number of fused-ring (bicyclic) bond motifs is 1. The summed E-state index contributed by atoms with van der Waals surface area (Å²) in [6.07, 6.45) is 1.53. The third-order valence-electron chi connectivity index (χ3n) is 6.12. The number of amidine groups is 1. The number of carbonyl (C=O) groups is 2. The van der Waals surface area contributed by atoms with Gasteiger partial charge in [0, 0.05) is 31.3 Å². The lowest BCUT2D eigenvalue weighted by atomic mass is 10.1. The summed E-state index contributed by atoms with van der Waals surface area (Å²) in [6, 6.07) is 20.3. The quantitative estimate of drug-likeness (QED) is 0.195. The summed E-state index contributed by atoms with van der Waals surface area (Å²) >= 11 is 0. The monoisotopic (exact) mass is 498 g/mol. The van der Waals surface area contributed by atoms with E-state index in [4.69, 9.17) is 20.9 Å². The molecule has 190 valence electrons. The van der Waals surface area contributed by atoms with Gasteiger partial charge in [-0.15, -0.1) is 0 Å². The molecule has 4 rings (SSSR count). The number of para-hydroxylation sites is 1. The van der Waals surface area contributed by atoms with Gasteiger partial charge in [0.05, 0.1) is 18.5 Å². The average Bonchev–Trinajstić information content (AvgIpc) is 3.23. The number of nitrogen functional groups attached to an aromatic ring is 1. The van der Waals surface area contributed by atoms with E-state index in [1.54, 1.807) is 17.9 Å². The minimum atomic E-state index is -0.357. The molecule has 0 aliphatic carbocycles. The smallest absolute Gasteiger partial charge is 0.307 e. The van der Waals surface area contributed by atoms with Gasteiger partial charge in [-0.1, -0.05) is 42.5 Å². The molecule has 0 aliphatic heterocycles. The van der Waals surface area contributed by atoms with Crippen molar-refractivity contribution in [3.63, 3.8) is 0 Å². The third kappa shape index (κ3) is 6.00. The molecule has 4 aromatic rings. The molecule has 9 heteroatoms. The van der Waals surface area contributed by atoms with Crippen molar-refractivity contribution in [2.24, 2.45) is 12.8 Å². The van der Waals surface area contributed by atoms with E-state index in [1.807, 2.05) is 72.3 Å². The van der Waals surface area contributed by atoms with E-state index in [0.717, 1.165) is 23.3 Å². The highest BCUT2D eigenvalue weighted by molar-refractivity contribution is 6.05. The maximum absolute atomic E-state index is 13.5. The predicted octanol–water partition coefficient (Wildman–Crippen LogP) is 3.64. The minimum absolute atomic E-state index is 0.0463. The lowest BCUT2D eigenvalue weighted by Gasteiger charge is -2.22. The molecule has 37 heavy (non-hydrogen) atoms. The fourth-order valence-corrected chi connectivity index (χ4v) is 4.10. The summed E-state index contributed by atoms with van der Waals surface area (Å²) in [5.41, 5.74) is 9.60. The Morgan fingerprint density at radius 1 is 1.00 bits per heavy atom. The first-order valence-corrected chi connectivity index (χ1v) is 12.2. The van der Waals surface area contributed by atoms with E-state index in [-0.39, 0.29) is 36.4 Å². The SMILES string of the molecule is CCOC(=O)CCN(C(=O)c1ccc2c(n1)nc(CCc1ccc(C(=N)N)cc1)n2C)c1ccccc1. The first-order chi connectivity index (χ1) is 17.9. The van der Waals surface area contributed by atoms with E-state index in [0.29, 0.717) is 29.9 Å². The maximum atomic E-state index is 13.5. The first kappa shape index (κ1) is 25.6. The molecule has 0 fully saturated rings. The van der Waals surface area contributed by atoms with Crippen LogP contribution in [-0.2, 0) is 29.4 Å². The van der Waals surface area contributed by atoms with Crippen molar-refractivity contribution in [2.45, 2.75) is 26.2 Å². The van der Waals surface area contributed by atoms with Crippen molar-refractivity contribution in [1.82, 2.24) is 14.5 Å². The standard InChI is InChI=1S/C28H30N6O3/c1-3-37-25(35)17-18-34(21-7-5-4-6-8-21)28(36)22-14-15-23-27(31-22)32-24(33(23)2)16-11-19-9-12-20(13-10-19)26(29)30/h4-10,12-15H,3,11,16-18H2,1-2H3,(H3,29,30). The molecule has 0 atom stereocenters. The second-order valence-corrected chi connectivity index (χ2v) is 8.58. The third-order valence-corrected chi connectivity index (χ3v) is 6.12. The molecule has 1 amide bonds. The van der Waals surface area contributed by atoms with Crippen molar-refractivity contribution in [3.05, 3.63) is 89.4 Å². The van der Waals surface area contributed by atoms with E-state index in [9.17, 15) is 9.59 Å². The molecular formula is C28H30N6O3. The van der Waals surface area contributed by atoms with E-state index in [2.05, 4.69) is 4.98 Å². The number of amides is 1. The molecule has 0 spiro atoms. The number of benzene rings is 2. The van der Waals surface area contributed by atoms with Crippen LogP contribution in [0.5, 0.6) is 0 Å². The fourth-order valence-electron chi connectivity index (χ4n) is 4.10. The van der Waals surface area contributed by atoms with Crippen LogP contribution in [0.3, 0.4) is 0 Å². The Hall–Kier alpha value is -4.53. The van der Waals surface area contributed by atoms with Crippen LogP contribution >= 0.6 is 0 Å². The molecule has 2 aromatic heterocycles. The number of imidazole rings is 1. The van der Waals surface area contributed by atoms with Gasteiger partial charge in [0.1, 0.15) is 17.4 Å². The average molecular weight is 499 g/mol. The van der Waals surface area contributed by atoms with Crippen LogP contribution in [0.1, 0.15) is 40.8 Å². The van der Waals surface area contributed by atoms with Crippen LogP contribution < -0.4 is 10.6 Å². The Balaban J connectivity index is 1.54. The van der Waals surface area contributed by atoms with Crippen LogP contribution in [0.15, 0.2) is 66.7 Å². The van der Waals surface area contributed by atoms with Crippen LogP contribution in [-0.4, -0.2) is 45.4 Å². The van der Waals surface area contributed by atoms with Gasteiger partial charge < -0.3 is 19.9 Å². The van der Waals surface area contributed by atoms with Crippen LogP contribution in [0.4, 0.5) is 5.69 Å². The van der Waals surface area contributed by atoms with Gasteiger partial charge in [-0.2, -0.15) is 0 Å². The van der Waals surface area contributed by atoms with Gasteiger partial charge in [0.25, 0.3) is 5.91 Å². The summed E-state index contributed by atoms with van der Waals surface area (Å²) in [4.78, 5) is 36.3. The van der Waals surface area contributed by atoms with Gasteiger partial charge in [-0.3, -0.25) is 15.0 Å². The number of hydrogen-bond acceptors (Lipinski definition) is 6. The number of esters is 1. The second-order valence-electron chi connectivity index (χ2n) is 8.58. The van der Waals surface area contributed by atoms with Crippen LogP contribution in [0, 0.1) is 5.41 Å². The molecule has 0 aliphatic rings. The highest BCUT2D eigenvalue weighted by atomic mass is 16.5. The highest BCUT2D eigenvalue weighted by Crippen LogP contribution is 2.20. The normalized spacial score (nSPS) is 10.9. The largest absolute Gasteiger partial charge is 0.466 e. The number of carbonyl (C=O) groups excluding carboxylic acids is 2. The summed E-state index contributed by atoms with van der Waals surface area (Å²) in [7, 11) is 1.93. The molecular weight excluding hydrogens is 468 g/mol. The van der Waals surface area contributed by atoms with Gasteiger partial charge in [-0.25, -0.2) is 9.97 Å². The molecule has 0 saturated heterocycles. The van der Waals surface area contributed by atoms with Gasteiger partial charge in [0.2, 0.25) is 0 Å². The number of rotatable bonds is 10. The summed E-state index contributed by atoms with van der Waals surface area (Å²) in [5, 5.41) is 7.52. The van der Waals surface area contributed by atoms with Crippen LogP contribution in [0.25, 0.3) is 11.2 Å². The van der Waals surface area contributed by atoms with Gasteiger partial charge >= 0.3 is 5.97 Å². The zero-order valence-electron chi connectivity index (χ0n) is 21.0. The van der Waals surface area contributed by atoms with Crippen molar-refractivity contribution in [3.8, 4) is 0 Å². The summed E-state index contributed by atoms with van der Waals surface area (Å²) in [5.74, 6) is 0.232. The van der Waals surface area contributed by atoms with E-state index in [1.165, 1.54) is 0 Å².